The molecule has 6 nitrogen and oxygen atoms in total. The number of amides is 2. The van der Waals surface area contributed by atoms with Crippen molar-refractivity contribution in [1.82, 2.24) is 15.1 Å². The molecule has 0 atom stereocenters. The first-order valence-electron chi connectivity index (χ1n) is 8.48. The number of ether oxygens (including phenoxy) is 1. The fourth-order valence-corrected chi connectivity index (χ4v) is 2.63. The van der Waals surface area contributed by atoms with Gasteiger partial charge in [-0.1, -0.05) is 30.3 Å². The molecule has 0 saturated carbocycles. The predicted molar refractivity (Wildman–Crippen MR) is 101 cm³/mol. The van der Waals surface area contributed by atoms with E-state index in [1.54, 1.807) is 13.3 Å². The normalized spacial score (nSPS) is 10.3. The molecule has 3 rings (SSSR count). The Morgan fingerprint density at radius 3 is 2.65 bits per heavy atom. The van der Waals surface area contributed by atoms with Gasteiger partial charge in [0.15, 0.2) is 0 Å². The number of rotatable bonds is 7. The van der Waals surface area contributed by atoms with E-state index >= 15 is 0 Å². The topological polar surface area (TPSA) is 68.2 Å². The van der Waals surface area contributed by atoms with E-state index in [-0.39, 0.29) is 6.03 Å². The van der Waals surface area contributed by atoms with Gasteiger partial charge in [-0.15, -0.1) is 0 Å². The lowest BCUT2D eigenvalue weighted by molar-refractivity contribution is 0.252. The van der Waals surface area contributed by atoms with Crippen LogP contribution in [0.1, 0.15) is 11.1 Å². The van der Waals surface area contributed by atoms with Crippen LogP contribution in [0.5, 0.6) is 5.75 Å². The Balaban J connectivity index is 1.51. The molecule has 1 aromatic heterocycles. The van der Waals surface area contributed by atoms with E-state index in [9.17, 15) is 4.79 Å². The first-order chi connectivity index (χ1) is 12.7. The van der Waals surface area contributed by atoms with Crippen molar-refractivity contribution in [2.45, 2.75) is 13.0 Å². The summed E-state index contributed by atoms with van der Waals surface area (Å²) in [5.74, 6) is 0.827. The third-order valence-electron chi connectivity index (χ3n) is 4.02. The van der Waals surface area contributed by atoms with Gasteiger partial charge in [0.2, 0.25) is 0 Å². The zero-order valence-corrected chi connectivity index (χ0v) is 14.7. The Morgan fingerprint density at radius 2 is 1.92 bits per heavy atom. The van der Waals surface area contributed by atoms with Gasteiger partial charge < -0.3 is 15.4 Å². The van der Waals surface area contributed by atoms with Gasteiger partial charge in [0.1, 0.15) is 5.75 Å². The van der Waals surface area contributed by atoms with Crippen LogP contribution in [0.3, 0.4) is 0 Å². The fraction of sp³-hybridized carbons (Fsp3) is 0.200. The summed E-state index contributed by atoms with van der Waals surface area (Å²) in [4.78, 5) is 12.2. The van der Waals surface area contributed by atoms with Crippen molar-refractivity contribution < 1.29 is 9.53 Å². The quantitative estimate of drug-likeness (QED) is 0.687. The van der Waals surface area contributed by atoms with Crippen molar-refractivity contribution in [2.24, 2.45) is 0 Å². The number of para-hydroxylation sites is 1. The van der Waals surface area contributed by atoms with Gasteiger partial charge >= 0.3 is 6.03 Å². The second-order valence-corrected chi connectivity index (χ2v) is 5.84. The van der Waals surface area contributed by atoms with Gasteiger partial charge in [0.05, 0.1) is 13.7 Å². The summed E-state index contributed by atoms with van der Waals surface area (Å²) in [6, 6.07) is 17.2. The van der Waals surface area contributed by atoms with Crippen molar-refractivity contribution in [3.05, 3.63) is 78.1 Å². The lowest BCUT2D eigenvalue weighted by Gasteiger charge is -2.12. The van der Waals surface area contributed by atoms with Crippen LogP contribution in [0.25, 0.3) is 0 Å². The molecule has 0 aliphatic heterocycles. The first-order valence-corrected chi connectivity index (χ1v) is 8.48. The number of benzene rings is 2. The highest BCUT2D eigenvalue weighted by Gasteiger charge is 2.07. The molecule has 0 saturated heterocycles. The van der Waals surface area contributed by atoms with Crippen LogP contribution in [0.2, 0.25) is 0 Å². The van der Waals surface area contributed by atoms with Crippen molar-refractivity contribution in [3.63, 3.8) is 0 Å². The minimum Gasteiger partial charge on any atom is -0.497 e. The van der Waals surface area contributed by atoms with Crippen LogP contribution in [0.4, 0.5) is 10.5 Å². The van der Waals surface area contributed by atoms with Gasteiger partial charge in [-0.25, -0.2) is 4.79 Å². The van der Waals surface area contributed by atoms with E-state index in [1.165, 1.54) is 0 Å². The molecule has 2 aromatic carbocycles. The molecule has 0 fully saturated rings. The zero-order valence-electron chi connectivity index (χ0n) is 14.7. The van der Waals surface area contributed by atoms with E-state index in [2.05, 4.69) is 15.7 Å². The van der Waals surface area contributed by atoms with Gasteiger partial charge in [0, 0.05) is 24.6 Å². The fourth-order valence-electron chi connectivity index (χ4n) is 2.63. The number of hydrogen-bond acceptors (Lipinski definition) is 3. The largest absolute Gasteiger partial charge is 0.497 e. The number of carbonyl (C=O) groups excluding carboxylic acids is 1. The average Bonchev–Trinajstić information content (AvgIpc) is 3.17. The number of nitrogens with zero attached hydrogens (tertiary/aromatic N) is 2. The summed E-state index contributed by atoms with van der Waals surface area (Å²) in [6.45, 7) is 1.16. The molecule has 0 aliphatic carbocycles. The van der Waals surface area contributed by atoms with Crippen LogP contribution >= 0.6 is 0 Å². The number of aromatic nitrogens is 2. The van der Waals surface area contributed by atoms with Crippen LogP contribution in [-0.4, -0.2) is 29.5 Å². The third-order valence-corrected chi connectivity index (χ3v) is 4.02. The highest BCUT2D eigenvalue weighted by Crippen LogP contribution is 2.16. The molecule has 26 heavy (non-hydrogen) atoms. The van der Waals surface area contributed by atoms with E-state index in [1.807, 2.05) is 65.5 Å². The Bertz CT molecular complexity index is 829. The predicted octanol–water partition coefficient (Wildman–Crippen LogP) is 3.30. The molecule has 2 N–H and O–H groups in total. The molecule has 6 heteroatoms. The second-order valence-electron chi connectivity index (χ2n) is 5.84. The Hall–Kier alpha value is -3.28. The van der Waals surface area contributed by atoms with Crippen LogP contribution in [0, 0.1) is 0 Å². The Kier molecular flexibility index (Phi) is 5.88. The minimum atomic E-state index is -0.216. The SMILES string of the molecule is COc1ccc(CCNC(=O)Nc2ccccc2Cn2cccn2)cc1. The molecule has 0 unspecified atom stereocenters. The maximum Gasteiger partial charge on any atom is 0.319 e. The smallest absolute Gasteiger partial charge is 0.319 e. The maximum atomic E-state index is 12.2. The number of methoxy groups -OCH3 is 1. The van der Waals surface area contributed by atoms with Crippen LogP contribution in [0.15, 0.2) is 67.0 Å². The number of nitrogens with one attached hydrogen (secondary N) is 2. The number of carbonyl (C=O) groups is 1. The van der Waals surface area contributed by atoms with Gasteiger partial charge in [-0.05, 0) is 41.8 Å². The standard InChI is InChI=1S/C20H22N4O2/c1-26-18-9-7-16(8-10-18)11-13-21-20(25)23-19-6-3-2-5-17(19)15-24-14-4-12-22-24/h2-10,12,14H,11,13,15H2,1H3,(H2,21,23,25). The van der Waals surface area contributed by atoms with Crippen molar-refractivity contribution in [3.8, 4) is 5.75 Å². The summed E-state index contributed by atoms with van der Waals surface area (Å²) < 4.78 is 6.96. The third kappa shape index (κ3) is 4.86. The van der Waals surface area contributed by atoms with Crippen LogP contribution in [-0.2, 0) is 13.0 Å². The molecule has 0 radical (unpaired) electrons. The lowest BCUT2D eigenvalue weighted by Crippen LogP contribution is -2.30. The number of hydrogen-bond donors (Lipinski definition) is 2. The second kappa shape index (κ2) is 8.71. The highest BCUT2D eigenvalue weighted by molar-refractivity contribution is 5.90. The monoisotopic (exact) mass is 350 g/mol. The van der Waals surface area contributed by atoms with Gasteiger partial charge in [-0.2, -0.15) is 5.10 Å². The lowest BCUT2D eigenvalue weighted by atomic mass is 10.1. The Morgan fingerprint density at radius 1 is 1.12 bits per heavy atom. The van der Waals surface area contributed by atoms with E-state index < -0.39 is 0 Å². The highest BCUT2D eigenvalue weighted by atomic mass is 16.5. The molecule has 3 aromatic rings. The number of anilines is 1. The maximum absolute atomic E-state index is 12.2. The Labute approximate surface area is 152 Å². The van der Waals surface area contributed by atoms with E-state index in [0.717, 1.165) is 29.0 Å². The van der Waals surface area contributed by atoms with Crippen molar-refractivity contribution in [2.75, 3.05) is 19.0 Å². The minimum absolute atomic E-state index is 0.216. The van der Waals surface area contributed by atoms with Crippen LogP contribution < -0.4 is 15.4 Å². The summed E-state index contributed by atoms with van der Waals surface area (Å²) in [6.07, 6.45) is 4.39. The average molecular weight is 350 g/mol. The van der Waals surface area contributed by atoms with Gasteiger partial charge in [0.25, 0.3) is 0 Å². The number of urea groups is 1. The molecule has 1 heterocycles. The summed E-state index contributed by atoms with van der Waals surface area (Å²) in [7, 11) is 1.64. The molecule has 2 amide bonds. The summed E-state index contributed by atoms with van der Waals surface area (Å²) >= 11 is 0. The molecular weight excluding hydrogens is 328 g/mol. The molecule has 134 valence electrons. The van der Waals surface area contributed by atoms with Gasteiger partial charge in [-0.3, -0.25) is 4.68 Å². The molecule has 0 aliphatic rings. The van der Waals surface area contributed by atoms with E-state index in [4.69, 9.17) is 4.74 Å². The van der Waals surface area contributed by atoms with E-state index in [0.29, 0.717) is 13.1 Å². The summed E-state index contributed by atoms with van der Waals surface area (Å²) in [5.41, 5.74) is 2.93. The zero-order chi connectivity index (χ0) is 18.2. The first kappa shape index (κ1) is 17.5. The van der Waals surface area contributed by atoms with Crippen molar-refractivity contribution in [1.29, 1.82) is 0 Å². The summed E-state index contributed by atoms with van der Waals surface area (Å²) in [5, 5.41) is 10.0. The van der Waals surface area contributed by atoms with Crippen molar-refractivity contribution >= 4 is 11.7 Å². The molecule has 0 spiro atoms. The molecule has 0 bridgehead atoms. The molecular formula is C20H22N4O2.